The zero-order chi connectivity index (χ0) is 13.8. The summed E-state index contributed by atoms with van der Waals surface area (Å²) in [6.07, 6.45) is 7.27. The Labute approximate surface area is 124 Å². The molecule has 0 bridgehead atoms. The number of rotatable bonds is 5. The van der Waals surface area contributed by atoms with Crippen LogP contribution in [0.3, 0.4) is 0 Å². The predicted molar refractivity (Wildman–Crippen MR) is 79.9 cm³/mol. The van der Waals surface area contributed by atoms with Crippen LogP contribution in [-0.2, 0) is 16.0 Å². The second-order valence-corrected chi connectivity index (χ2v) is 6.66. The number of ether oxygens (including phenoxy) is 2. The van der Waals surface area contributed by atoms with Crippen LogP contribution in [0.2, 0.25) is 0 Å². The molecule has 0 amide bonds. The molecule has 0 N–H and O–H groups in total. The van der Waals surface area contributed by atoms with Crippen LogP contribution >= 0.6 is 11.3 Å². The van der Waals surface area contributed by atoms with Crippen molar-refractivity contribution in [3.63, 3.8) is 0 Å². The van der Waals surface area contributed by atoms with E-state index >= 15 is 0 Å². The number of thiazole rings is 1. The Morgan fingerprint density at radius 2 is 2.60 bits per heavy atom. The number of hydrogen-bond donors (Lipinski definition) is 0. The molecule has 0 saturated carbocycles. The highest BCUT2D eigenvalue weighted by Gasteiger charge is 2.43. The van der Waals surface area contributed by atoms with E-state index in [0.29, 0.717) is 6.61 Å². The van der Waals surface area contributed by atoms with E-state index < -0.39 is 0 Å². The maximum atomic E-state index is 6.12. The van der Waals surface area contributed by atoms with E-state index in [-0.39, 0.29) is 11.7 Å². The van der Waals surface area contributed by atoms with Crippen molar-refractivity contribution < 1.29 is 9.47 Å². The second-order valence-electron chi connectivity index (χ2n) is 5.68. The smallest absolute Gasteiger partial charge is 0.107 e. The van der Waals surface area contributed by atoms with Gasteiger partial charge in [-0.15, -0.1) is 17.9 Å². The molecule has 0 radical (unpaired) electrons. The van der Waals surface area contributed by atoms with E-state index in [0.717, 1.165) is 39.1 Å². The molecule has 3 heterocycles. The van der Waals surface area contributed by atoms with Gasteiger partial charge in [0.2, 0.25) is 0 Å². The average Bonchev–Trinajstić information content (AvgIpc) is 3.07. The largest absolute Gasteiger partial charge is 0.372 e. The minimum atomic E-state index is 0.00134. The summed E-state index contributed by atoms with van der Waals surface area (Å²) in [6.45, 7) is 8.13. The van der Waals surface area contributed by atoms with Crippen molar-refractivity contribution in [1.82, 2.24) is 9.88 Å². The minimum absolute atomic E-state index is 0.00134. The van der Waals surface area contributed by atoms with Crippen LogP contribution in [0.4, 0.5) is 0 Å². The molecule has 0 aliphatic carbocycles. The molecule has 2 atom stereocenters. The van der Waals surface area contributed by atoms with Crippen molar-refractivity contribution in [2.75, 3.05) is 26.3 Å². The molecule has 3 rings (SSSR count). The first-order valence-corrected chi connectivity index (χ1v) is 8.15. The lowest BCUT2D eigenvalue weighted by Crippen LogP contribution is -2.47. The fraction of sp³-hybridized carbons (Fsp3) is 0.667. The van der Waals surface area contributed by atoms with Crippen LogP contribution < -0.4 is 0 Å². The molecular formula is C15H22N2O2S. The van der Waals surface area contributed by atoms with Gasteiger partial charge in [0.05, 0.1) is 31.5 Å². The fourth-order valence-electron chi connectivity index (χ4n) is 3.25. The SMILES string of the molecule is C=CCOC1COC2(CCCN(Cc3nccs3)C2)C1. The highest BCUT2D eigenvalue weighted by Crippen LogP contribution is 2.36. The molecule has 1 aromatic heterocycles. The van der Waals surface area contributed by atoms with E-state index in [1.54, 1.807) is 17.4 Å². The maximum Gasteiger partial charge on any atom is 0.107 e. The minimum Gasteiger partial charge on any atom is -0.372 e. The topological polar surface area (TPSA) is 34.6 Å². The van der Waals surface area contributed by atoms with Crippen molar-refractivity contribution in [1.29, 1.82) is 0 Å². The molecule has 2 unspecified atom stereocenters. The van der Waals surface area contributed by atoms with E-state index in [9.17, 15) is 0 Å². The van der Waals surface area contributed by atoms with Gasteiger partial charge in [-0.25, -0.2) is 4.98 Å². The number of hydrogen-bond acceptors (Lipinski definition) is 5. The summed E-state index contributed by atoms with van der Waals surface area (Å²) in [5.74, 6) is 0. The fourth-order valence-corrected chi connectivity index (χ4v) is 3.90. The maximum absolute atomic E-state index is 6.12. The third-order valence-electron chi connectivity index (χ3n) is 4.09. The van der Waals surface area contributed by atoms with Crippen molar-refractivity contribution in [2.45, 2.75) is 37.5 Å². The van der Waals surface area contributed by atoms with E-state index in [2.05, 4.69) is 16.5 Å². The van der Waals surface area contributed by atoms with Gasteiger partial charge in [0.25, 0.3) is 0 Å². The molecule has 110 valence electrons. The molecular weight excluding hydrogens is 272 g/mol. The number of likely N-dealkylation sites (tertiary alicyclic amines) is 1. The normalized spacial score (nSPS) is 30.9. The van der Waals surface area contributed by atoms with Gasteiger partial charge in [-0.05, 0) is 19.4 Å². The van der Waals surface area contributed by atoms with Crippen LogP contribution in [-0.4, -0.2) is 47.9 Å². The van der Waals surface area contributed by atoms with E-state index in [1.807, 2.05) is 11.6 Å². The van der Waals surface area contributed by atoms with Gasteiger partial charge in [-0.3, -0.25) is 4.90 Å². The standard InChI is InChI=1S/C15H22N2O2S/c1-2-7-18-13-9-15(19-11-13)4-3-6-17(12-15)10-14-16-5-8-20-14/h2,5,8,13H,1,3-4,6-7,9-12H2. The summed E-state index contributed by atoms with van der Waals surface area (Å²) < 4.78 is 11.9. The first kappa shape index (κ1) is 14.2. The Hall–Kier alpha value is -0.750. The van der Waals surface area contributed by atoms with E-state index in [4.69, 9.17) is 9.47 Å². The number of aromatic nitrogens is 1. The molecule has 1 spiro atoms. The lowest BCUT2D eigenvalue weighted by atomic mass is 9.89. The first-order valence-electron chi connectivity index (χ1n) is 7.27. The highest BCUT2D eigenvalue weighted by molar-refractivity contribution is 7.09. The van der Waals surface area contributed by atoms with Crippen molar-refractivity contribution in [3.05, 3.63) is 29.2 Å². The average molecular weight is 294 g/mol. The van der Waals surface area contributed by atoms with Crippen LogP contribution in [0.5, 0.6) is 0 Å². The second kappa shape index (κ2) is 6.35. The Bertz CT molecular complexity index is 437. The molecule has 5 heteroatoms. The zero-order valence-electron chi connectivity index (χ0n) is 11.8. The summed E-state index contributed by atoms with van der Waals surface area (Å²) in [6, 6.07) is 0. The van der Waals surface area contributed by atoms with Crippen LogP contribution in [0.25, 0.3) is 0 Å². The molecule has 0 aromatic carbocycles. The monoisotopic (exact) mass is 294 g/mol. The van der Waals surface area contributed by atoms with Crippen LogP contribution in [0.1, 0.15) is 24.3 Å². The van der Waals surface area contributed by atoms with E-state index in [1.165, 1.54) is 11.4 Å². The van der Waals surface area contributed by atoms with Crippen LogP contribution in [0, 0.1) is 0 Å². The Kier molecular flexibility index (Phi) is 4.51. The molecule has 2 fully saturated rings. The van der Waals surface area contributed by atoms with Gasteiger partial charge in [-0.1, -0.05) is 6.08 Å². The number of piperidine rings is 1. The summed E-state index contributed by atoms with van der Waals surface area (Å²) >= 11 is 1.73. The predicted octanol–water partition coefficient (Wildman–Crippen LogP) is 2.47. The summed E-state index contributed by atoms with van der Waals surface area (Å²) in [5, 5.41) is 3.24. The first-order chi connectivity index (χ1) is 9.80. The summed E-state index contributed by atoms with van der Waals surface area (Å²) in [5.41, 5.74) is 0.00134. The number of nitrogens with zero attached hydrogens (tertiary/aromatic N) is 2. The van der Waals surface area contributed by atoms with Gasteiger partial charge in [0.15, 0.2) is 0 Å². The van der Waals surface area contributed by atoms with Crippen molar-refractivity contribution >= 4 is 11.3 Å². The lowest BCUT2D eigenvalue weighted by Gasteiger charge is -2.39. The Morgan fingerprint density at radius 3 is 3.40 bits per heavy atom. The molecule has 4 nitrogen and oxygen atoms in total. The zero-order valence-corrected chi connectivity index (χ0v) is 12.6. The lowest BCUT2D eigenvalue weighted by molar-refractivity contribution is -0.0544. The molecule has 20 heavy (non-hydrogen) atoms. The highest BCUT2D eigenvalue weighted by atomic mass is 32.1. The molecule has 2 aliphatic heterocycles. The quantitative estimate of drug-likeness (QED) is 0.781. The Morgan fingerprint density at radius 1 is 1.65 bits per heavy atom. The Balaban J connectivity index is 1.56. The molecule has 1 aromatic rings. The molecule has 2 saturated heterocycles. The van der Waals surface area contributed by atoms with Gasteiger partial charge < -0.3 is 9.47 Å². The van der Waals surface area contributed by atoms with Gasteiger partial charge in [0.1, 0.15) is 5.01 Å². The van der Waals surface area contributed by atoms with Gasteiger partial charge in [-0.2, -0.15) is 0 Å². The van der Waals surface area contributed by atoms with Crippen molar-refractivity contribution in [2.24, 2.45) is 0 Å². The third kappa shape index (κ3) is 3.28. The summed E-state index contributed by atoms with van der Waals surface area (Å²) in [7, 11) is 0. The van der Waals surface area contributed by atoms with Gasteiger partial charge >= 0.3 is 0 Å². The molecule has 2 aliphatic rings. The third-order valence-corrected chi connectivity index (χ3v) is 4.85. The van der Waals surface area contributed by atoms with Gasteiger partial charge in [0, 0.05) is 24.5 Å². The summed E-state index contributed by atoms with van der Waals surface area (Å²) in [4.78, 5) is 6.85. The van der Waals surface area contributed by atoms with Crippen LogP contribution in [0.15, 0.2) is 24.2 Å². The van der Waals surface area contributed by atoms with Crippen molar-refractivity contribution in [3.8, 4) is 0 Å².